The van der Waals surface area contributed by atoms with E-state index in [1.54, 1.807) is 6.26 Å². The highest BCUT2D eigenvalue weighted by molar-refractivity contribution is 6.01. The molecule has 5 heteroatoms. The van der Waals surface area contributed by atoms with E-state index in [9.17, 15) is 0 Å². The monoisotopic (exact) mass is 266 g/mol. The summed E-state index contributed by atoms with van der Waals surface area (Å²) in [7, 11) is 0. The highest BCUT2D eigenvalue weighted by Gasteiger charge is 2.24. The predicted octanol–water partition coefficient (Wildman–Crippen LogP) is 2.90. The Balaban J connectivity index is 1.64. The van der Waals surface area contributed by atoms with Crippen molar-refractivity contribution < 1.29 is 4.42 Å². The van der Waals surface area contributed by atoms with Crippen LogP contribution in [0.15, 0.2) is 46.1 Å². The summed E-state index contributed by atoms with van der Waals surface area (Å²) in [5.74, 6) is 1.72. The Hall–Kier alpha value is -2.56. The molecule has 1 aliphatic rings. The Bertz CT molecular complexity index is 785. The summed E-state index contributed by atoms with van der Waals surface area (Å²) in [4.78, 5) is 7.93. The minimum atomic E-state index is 0.0925. The molecule has 0 spiro atoms. The van der Waals surface area contributed by atoms with Crippen molar-refractivity contribution in [2.24, 2.45) is 5.10 Å². The number of nitrogens with one attached hydrogen (secondary N) is 2. The van der Waals surface area contributed by atoms with Crippen molar-refractivity contribution in [2.45, 2.75) is 19.4 Å². The lowest BCUT2D eigenvalue weighted by atomic mass is 10.1. The zero-order valence-corrected chi connectivity index (χ0v) is 11.1. The summed E-state index contributed by atoms with van der Waals surface area (Å²) in [6.45, 7) is 2.07. The number of fused-ring (bicyclic) bond motifs is 1. The summed E-state index contributed by atoms with van der Waals surface area (Å²) in [6, 6.07) is 10.1. The molecule has 1 aromatic carbocycles. The van der Waals surface area contributed by atoms with E-state index in [-0.39, 0.29) is 6.04 Å². The van der Waals surface area contributed by atoms with E-state index < -0.39 is 0 Å². The van der Waals surface area contributed by atoms with E-state index in [0.29, 0.717) is 0 Å². The minimum absolute atomic E-state index is 0.0925. The maximum absolute atomic E-state index is 5.41. The molecule has 0 fully saturated rings. The summed E-state index contributed by atoms with van der Waals surface area (Å²) in [5.41, 5.74) is 7.26. The molecular formula is C15H14N4O. The topological polar surface area (TPSA) is 66.2 Å². The molecule has 0 saturated carbocycles. The first-order valence-electron chi connectivity index (χ1n) is 6.62. The second-order valence-corrected chi connectivity index (χ2v) is 5.07. The zero-order valence-electron chi connectivity index (χ0n) is 11.1. The Morgan fingerprint density at radius 2 is 2.25 bits per heavy atom. The van der Waals surface area contributed by atoms with Crippen LogP contribution in [0.1, 0.15) is 29.6 Å². The van der Waals surface area contributed by atoms with Gasteiger partial charge < -0.3 is 9.40 Å². The molecule has 4 rings (SSSR count). The average molecular weight is 266 g/mol. The van der Waals surface area contributed by atoms with E-state index in [2.05, 4.69) is 39.6 Å². The van der Waals surface area contributed by atoms with Crippen molar-refractivity contribution in [3.8, 4) is 0 Å². The van der Waals surface area contributed by atoms with Crippen LogP contribution >= 0.6 is 0 Å². The second kappa shape index (κ2) is 4.23. The normalized spacial score (nSPS) is 18.2. The van der Waals surface area contributed by atoms with Gasteiger partial charge in [0.2, 0.25) is 0 Å². The summed E-state index contributed by atoms with van der Waals surface area (Å²) in [6.07, 6.45) is 2.45. The van der Waals surface area contributed by atoms with Crippen LogP contribution in [-0.4, -0.2) is 15.7 Å². The molecule has 0 radical (unpaired) electrons. The van der Waals surface area contributed by atoms with Gasteiger partial charge in [0.1, 0.15) is 17.5 Å². The highest BCUT2D eigenvalue weighted by Crippen LogP contribution is 2.24. The fraction of sp³-hybridized carbons (Fsp3) is 0.200. The molecular weight excluding hydrogens is 252 g/mol. The smallest absolute Gasteiger partial charge is 0.154 e. The van der Waals surface area contributed by atoms with Gasteiger partial charge in [-0.15, -0.1) is 0 Å². The van der Waals surface area contributed by atoms with Gasteiger partial charge in [-0.25, -0.2) is 4.98 Å². The predicted molar refractivity (Wildman–Crippen MR) is 76.6 cm³/mol. The Kier molecular flexibility index (Phi) is 2.39. The third kappa shape index (κ3) is 1.79. The third-order valence-electron chi connectivity index (χ3n) is 3.55. The van der Waals surface area contributed by atoms with Crippen molar-refractivity contribution in [1.82, 2.24) is 15.4 Å². The standard InChI is InChI=1S/C15H14N4O/c1-9-4-5-10-11(7-9)17-15(16-10)13-8-12(18-19-13)14-3-2-6-20-14/h2-7,12,18H,8H2,1H3,(H,16,17)/t12-/m0/s1. The van der Waals surface area contributed by atoms with E-state index in [0.717, 1.165) is 34.8 Å². The van der Waals surface area contributed by atoms with Crippen molar-refractivity contribution in [1.29, 1.82) is 0 Å². The lowest BCUT2D eigenvalue weighted by Crippen LogP contribution is -2.08. The Labute approximate surface area is 115 Å². The number of aromatic amines is 1. The zero-order chi connectivity index (χ0) is 13.5. The van der Waals surface area contributed by atoms with E-state index >= 15 is 0 Å². The van der Waals surface area contributed by atoms with Gasteiger partial charge in [0, 0.05) is 6.42 Å². The van der Waals surface area contributed by atoms with Crippen molar-refractivity contribution in [3.63, 3.8) is 0 Å². The first-order chi connectivity index (χ1) is 9.79. The summed E-state index contributed by atoms with van der Waals surface area (Å²) in [5, 5.41) is 4.37. The second-order valence-electron chi connectivity index (χ2n) is 5.07. The first kappa shape index (κ1) is 11.3. The molecule has 20 heavy (non-hydrogen) atoms. The minimum Gasteiger partial charge on any atom is -0.467 e. The number of hydrazone groups is 1. The molecule has 0 bridgehead atoms. The number of nitrogens with zero attached hydrogens (tertiary/aromatic N) is 2. The van der Waals surface area contributed by atoms with E-state index in [4.69, 9.17) is 4.42 Å². The van der Waals surface area contributed by atoms with Crippen LogP contribution in [0.5, 0.6) is 0 Å². The van der Waals surface area contributed by atoms with E-state index in [1.165, 1.54) is 5.56 Å². The number of hydrogen-bond donors (Lipinski definition) is 2. The van der Waals surface area contributed by atoms with E-state index in [1.807, 2.05) is 18.2 Å². The number of aryl methyl sites for hydroxylation is 1. The van der Waals surface area contributed by atoms with Crippen molar-refractivity contribution in [3.05, 3.63) is 53.7 Å². The van der Waals surface area contributed by atoms with Gasteiger partial charge in [-0.2, -0.15) is 5.10 Å². The number of imidazole rings is 1. The average Bonchev–Trinajstić information content (AvgIpc) is 3.17. The quantitative estimate of drug-likeness (QED) is 0.749. The summed E-state index contributed by atoms with van der Waals surface area (Å²) >= 11 is 0. The van der Waals surface area contributed by atoms with Crippen molar-refractivity contribution in [2.75, 3.05) is 0 Å². The molecule has 2 N–H and O–H groups in total. The molecule has 1 atom stereocenters. The van der Waals surface area contributed by atoms with Crippen LogP contribution in [0.2, 0.25) is 0 Å². The fourth-order valence-corrected chi connectivity index (χ4v) is 2.50. The van der Waals surface area contributed by atoms with Gasteiger partial charge in [0.05, 0.1) is 17.3 Å². The van der Waals surface area contributed by atoms with Gasteiger partial charge in [-0.3, -0.25) is 5.43 Å². The first-order valence-corrected chi connectivity index (χ1v) is 6.62. The van der Waals surface area contributed by atoms with Crippen LogP contribution in [0, 0.1) is 6.92 Å². The molecule has 0 saturated heterocycles. The molecule has 3 aromatic rings. The van der Waals surface area contributed by atoms with Crippen LogP contribution in [-0.2, 0) is 0 Å². The van der Waals surface area contributed by atoms with Crippen LogP contribution < -0.4 is 5.43 Å². The number of benzene rings is 1. The molecule has 0 aliphatic carbocycles. The van der Waals surface area contributed by atoms with Gasteiger partial charge in [0.25, 0.3) is 0 Å². The lowest BCUT2D eigenvalue weighted by molar-refractivity contribution is 0.440. The number of rotatable bonds is 2. The molecule has 1 aliphatic heterocycles. The maximum atomic E-state index is 5.41. The highest BCUT2D eigenvalue weighted by atomic mass is 16.3. The van der Waals surface area contributed by atoms with Gasteiger partial charge in [0.15, 0.2) is 5.82 Å². The Morgan fingerprint density at radius 1 is 1.30 bits per heavy atom. The number of H-pyrrole nitrogens is 1. The SMILES string of the molecule is Cc1ccc2nc(C3=NN[C@H](c4ccco4)C3)[nH]c2c1. The lowest BCUT2D eigenvalue weighted by Gasteiger charge is -2.04. The molecule has 3 heterocycles. The summed E-state index contributed by atoms with van der Waals surface area (Å²) < 4.78 is 5.41. The van der Waals surface area contributed by atoms with Gasteiger partial charge in [-0.1, -0.05) is 6.07 Å². The fourth-order valence-electron chi connectivity index (χ4n) is 2.50. The molecule has 5 nitrogen and oxygen atoms in total. The number of furan rings is 1. The Morgan fingerprint density at radius 3 is 3.10 bits per heavy atom. The van der Waals surface area contributed by atoms with Crippen LogP contribution in [0.4, 0.5) is 0 Å². The molecule has 0 amide bonds. The third-order valence-corrected chi connectivity index (χ3v) is 3.55. The molecule has 2 aromatic heterocycles. The van der Waals surface area contributed by atoms with Crippen LogP contribution in [0.3, 0.4) is 0 Å². The van der Waals surface area contributed by atoms with Gasteiger partial charge >= 0.3 is 0 Å². The van der Waals surface area contributed by atoms with Crippen LogP contribution in [0.25, 0.3) is 11.0 Å². The number of aromatic nitrogens is 2. The molecule has 0 unspecified atom stereocenters. The molecule has 100 valence electrons. The largest absolute Gasteiger partial charge is 0.467 e. The van der Waals surface area contributed by atoms with Crippen molar-refractivity contribution >= 4 is 16.7 Å². The maximum Gasteiger partial charge on any atom is 0.154 e. The van der Waals surface area contributed by atoms with Gasteiger partial charge in [-0.05, 0) is 36.8 Å². The number of hydrogen-bond acceptors (Lipinski definition) is 4.